The van der Waals surface area contributed by atoms with Crippen molar-refractivity contribution in [1.29, 1.82) is 0 Å². The van der Waals surface area contributed by atoms with E-state index in [0.717, 1.165) is 38.4 Å². The van der Waals surface area contributed by atoms with Crippen molar-refractivity contribution in [3.05, 3.63) is 83.2 Å². The average Bonchev–Trinajstić information content (AvgIpc) is 2.79. The van der Waals surface area contributed by atoms with Crippen LogP contribution in [-0.4, -0.2) is 8.97 Å². The Morgan fingerprint density at radius 2 is 1.27 bits per heavy atom. The lowest BCUT2D eigenvalue weighted by Crippen LogP contribution is -2.19. The molecule has 2 aromatic heterocycles. The first-order valence-corrected chi connectivity index (χ1v) is 11.5. The number of hydrogen-bond acceptors (Lipinski definition) is 3. The van der Waals surface area contributed by atoms with E-state index in [4.69, 9.17) is 0 Å². The van der Waals surface area contributed by atoms with Crippen molar-refractivity contribution in [3.8, 4) is 5.69 Å². The van der Waals surface area contributed by atoms with Crippen molar-refractivity contribution in [2.45, 2.75) is 0 Å². The van der Waals surface area contributed by atoms with Gasteiger partial charge in [0.2, 0.25) is 0 Å². The fourth-order valence-corrected chi connectivity index (χ4v) is 7.40. The predicted octanol–water partition coefficient (Wildman–Crippen LogP) is 6.85. The minimum Gasteiger partial charge on any atom is -0.301 e. The van der Waals surface area contributed by atoms with Crippen LogP contribution in [0.15, 0.2) is 77.6 Å². The van der Waals surface area contributed by atoms with E-state index in [9.17, 15) is 4.79 Å². The van der Waals surface area contributed by atoms with Crippen LogP contribution in [0.25, 0.3) is 62.7 Å². The minimum atomic E-state index is 0.0548. The van der Waals surface area contributed by atoms with Gasteiger partial charge in [0.05, 0.1) is 46.6 Å². The molecular formula is C25H12N2OS2. The van der Waals surface area contributed by atoms with Gasteiger partial charge in [-0.15, -0.1) is 22.7 Å². The number of nitrogens with zero attached hydrogens (tertiary/aromatic N) is 2. The van der Waals surface area contributed by atoms with Crippen LogP contribution in [0.1, 0.15) is 0 Å². The van der Waals surface area contributed by atoms with Crippen LogP contribution in [0.2, 0.25) is 0 Å². The molecule has 30 heavy (non-hydrogen) atoms. The van der Waals surface area contributed by atoms with Crippen molar-refractivity contribution >= 4 is 79.7 Å². The molecule has 0 spiro atoms. The highest BCUT2D eigenvalue weighted by Crippen LogP contribution is 2.45. The summed E-state index contributed by atoms with van der Waals surface area (Å²) >= 11 is 3.60. The second-order valence-electron chi connectivity index (χ2n) is 7.76. The predicted molar refractivity (Wildman–Crippen MR) is 129 cm³/mol. The van der Waals surface area contributed by atoms with E-state index >= 15 is 0 Å². The quantitative estimate of drug-likeness (QED) is 0.194. The number of pyridine rings is 1. The molecule has 3 nitrogen and oxygen atoms in total. The molecule has 0 saturated heterocycles. The van der Waals surface area contributed by atoms with Gasteiger partial charge >= 0.3 is 0 Å². The van der Waals surface area contributed by atoms with Crippen molar-refractivity contribution in [3.63, 3.8) is 0 Å². The van der Waals surface area contributed by atoms with Gasteiger partial charge in [0.1, 0.15) is 0 Å². The molecule has 0 aliphatic carbocycles. The lowest BCUT2D eigenvalue weighted by molar-refractivity contribution is 1.10. The molecule has 2 aliphatic heterocycles. The van der Waals surface area contributed by atoms with E-state index < -0.39 is 0 Å². The molecule has 4 aromatic carbocycles. The van der Waals surface area contributed by atoms with Crippen LogP contribution in [0.5, 0.6) is 0 Å². The van der Waals surface area contributed by atoms with E-state index in [1.165, 1.54) is 24.3 Å². The maximum absolute atomic E-state index is 13.7. The summed E-state index contributed by atoms with van der Waals surface area (Å²) in [6.45, 7) is 0. The number of para-hydroxylation sites is 2. The summed E-state index contributed by atoms with van der Waals surface area (Å²) in [6.07, 6.45) is 0. The van der Waals surface area contributed by atoms with Gasteiger partial charge in [-0.25, -0.2) is 0 Å². The lowest BCUT2D eigenvalue weighted by Gasteiger charge is -2.26. The zero-order valence-electron chi connectivity index (χ0n) is 15.5. The van der Waals surface area contributed by atoms with E-state index in [2.05, 4.69) is 59.2 Å². The van der Waals surface area contributed by atoms with E-state index in [1.807, 2.05) is 22.6 Å². The highest BCUT2D eigenvalue weighted by molar-refractivity contribution is 7.27. The molecule has 2 aliphatic rings. The Bertz CT molecular complexity index is 1980. The summed E-state index contributed by atoms with van der Waals surface area (Å²) in [5.74, 6) is 0. The van der Waals surface area contributed by atoms with Crippen molar-refractivity contribution < 1.29 is 0 Å². The molecule has 140 valence electrons. The number of aromatic nitrogens is 2. The van der Waals surface area contributed by atoms with Crippen LogP contribution >= 0.6 is 22.7 Å². The van der Waals surface area contributed by atoms with E-state index in [-0.39, 0.29) is 5.56 Å². The summed E-state index contributed by atoms with van der Waals surface area (Å²) < 4.78 is 9.29. The summed E-state index contributed by atoms with van der Waals surface area (Å²) in [7, 11) is 0. The average molecular weight is 421 g/mol. The molecule has 0 bridgehead atoms. The van der Waals surface area contributed by atoms with Gasteiger partial charge in [-0.2, -0.15) is 0 Å². The summed E-state index contributed by atoms with van der Waals surface area (Å²) in [4.78, 5) is 13.7. The molecule has 0 fully saturated rings. The van der Waals surface area contributed by atoms with Gasteiger partial charge in [0, 0.05) is 10.8 Å². The maximum atomic E-state index is 13.7. The third-order valence-electron chi connectivity index (χ3n) is 6.28. The highest BCUT2D eigenvalue weighted by Gasteiger charge is 2.25. The first-order valence-electron chi connectivity index (χ1n) is 9.84. The summed E-state index contributed by atoms with van der Waals surface area (Å²) in [5.41, 5.74) is 5.55. The maximum Gasteiger partial charge on any atom is 0.263 e. The Morgan fingerprint density at radius 1 is 0.567 bits per heavy atom. The Labute approximate surface area is 177 Å². The van der Waals surface area contributed by atoms with Gasteiger partial charge < -0.3 is 4.57 Å². The number of rotatable bonds is 0. The van der Waals surface area contributed by atoms with E-state index in [1.54, 1.807) is 22.7 Å². The molecule has 0 amide bonds. The van der Waals surface area contributed by atoms with Crippen molar-refractivity contribution in [2.75, 3.05) is 0 Å². The fraction of sp³-hybridized carbons (Fsp3) is 0. The third-order valence-corrected chi connectivity index (χ3v) is 8.48. The highest BCUT2D eigenvalue weighted by atomic mass is 32.1. The number of fused-ring (bicyclic) bond motifs is 3. The smallest absolute Gasteiger partial charge is 0.263 e. The SMILES string of the molecule is O=c1c2ccccc2c2ccc3sc4cccc5sc6cccc7c6-n(c54)c3c2n17. The van der Waals surface area contributed by atoms with Gasteiger partial charge in [0.25, 0.3) is 5.56 Å². The molecule has 6 aromatic rings. The lowest BCUT2D eigenvalue weighted by atomic mass is 10.0. The summed E-state index contributed by atoms with van der Waals surface area (Å²) in [6, 6.07) is 25.2. The standard InChI is InChI=1S/C25H12N2OS2/c28-25-15-6-2-1-5-13(15)14-11-12-20-24-21(14)26(25)16-7-3-8-17-22(16)27(24)23-18(29-17)9-4-10-19(23)30-20/h1-12H. The molecule has 0 saturated carbocycles. The third kappa shape index (κ3) is 1.60. The zero-order chi connectivity index (χ0) is 19.6. The van der Waals surface area contributed by atoms with Gasteiger partial charge in [-0.05, 0) is 41.8 Å². The van der Waals surface area contributed by atoms with Crippen LogP contribution in [-0.2, 0) is 0 Å². The molecule has 5 heteroatoms. The van der Waals surface area contributed by atoms with Gasteiger partial charge in [-0.1, -0.05) is 36.4 Å². The van der Waals surface area contributed by atoms with Gasteiger partial charge in [-0.3, -0.25) is 9.20 Å². The van der Waals surface area contributed by atoms with Crippen molar-refractivity contribution in [2.24, 2.45) is 0 Å². The summed E-state index contributed by atoms with van der Waals surface area (Å²) in [5, 5.41) is 2.91. The Morgan fingerprint density at radius 3 is 2.13 bits per heavy atom. The Kier molecular flexibility index (Phi) is 2.58. The Balaban J connectivity index is 1.91. The van der Waals surface area contributed by atoms with Crippen LogP contribution in [0.4, 0.5) is 0 Å². The molecule has 0 unspecified atom stereocenters. The first kappa shape index (κ1) is 15.4. The second-order valence-corrected chi connectivity index (χ2v) is 9.93. The van der Waals surface area contributed by atoms with E-state index in [0.29, 0.717) is 0 Å². The van der Waals surface area contributed by atoms with Crippen LogP contribution in [0, 0.1) is 0 Å². The largest absolute Gasteiger partial charge is 0.301 e. The normalized spacial score (nSPS) is 12.8. The zero-order valence-corrected chi connectivity index (χ0v) is 17.2. The molecular weight excluding hydrogens is 408 g/mol. The molecule has 4 heterocycles. The fourth-order valence-electron chi connectivity index (χ4n) is 5.12. The number of hydrogen-bond donors (Lipinski definition) is 0. The molecule has 0 N–H and O–H groups in total. The minimum absolute atomic E-state index is 0.0548. The molecule has 0 atom stereocenters. The monoisotopic (exact) mass is 420 g/mol. The molecule has 8 rings (SSSR count). The van der Waals surface area contributed by atoms with Crippen LogP contribution in [0.3, 0.4) is 0 Å². The Hall–Kier alpha value is -3.41. The van der Waals surface area contributed by atoms with Crippen molar-refractivity contribution in [1.82, 2.24) is 8.97 Å². The second kappa shape index (κ2) is 5.01. The molecule has 0 radical (unpaired) electrons. The topological polar surface area (TPSA) is 26.4 Å². The van der Waals surface area contributed by atoms with Gasteiger partial charge in [0.15, 0.2) is 0 Å². The van der Waals surface area contributed by atoms with Crippen LogP contribution < -0.4 is 5.56 Å². The first-order chi connectivity index (χ1) is 14.8. The number of benzene rings is 4.